The van der Waals surface area contributed by atoms with Gasteiger partial charge in [-0.2, -0.15) is 0 Å². The average molecular weight is 275 g/mol. The van der Waals surface area contributed by atoms with Gasteiger partial charge in [0.1, 0.15) is 0 Å². The molecule has 3 heteroatoms. The highest BCUT2D eigenvalue weighted by atomic mass is 15.2. The highest BCUT2D eigenvalue weighted by molar-refractivity contribution is 5.58. The number of hydrogen-bond acceptors (Lipinski definition) is 3. The fourth-order valence-corrected chi connectivity index (χ4v) is 3.29. The maximum atomic E-state index is 6.09. The Balaban J connectivity index is 2.27. The molecular formula is C17H29N3. The van der Waals surface area contributed by atoms with Gasteiger partial charge in [0.05, 0.1) is 0 Å². The topological polar surface area (TPSA) is 32.5 Å². The van der Waals surface area contributed by atoms with E-state index in [0.29, 0.717) is 18.6 Å². The Bertz CT molecular complexity index is 442. The van der Waals surface area contributed by atoms with Crippen LogP contribution in [0.4, 0.5) is 5.69 Å². The second-order valence-corrected chi connectivity index (χ2v) is 6.14. The van der Waals surface area contributed by atoms with Gasteiger partial charge in [0.15, 0.2) is 0 Å². The standard InChI is InChI=1S/C17H29N3/c1-5-9-20(13(2)3)17(12-18)14-6-7-16-15(11-14)8-10-19(16)4/h6-7,11,13,17H,5,8-10,12,18H2,1-4H3. The largest absolute Gasteiger partial charge is 0.374 e. The van der Waals surface area contributed by atoms with Crippen LogP contribution in [0.15, 0.2) is 18.2 Å². The second kappa shape index (κ2) is 6.59. The molecule has 0 bridgehead atoms. The van der Waals surface area contributed by atoms with Crippen LogP contribution in [-0.2, 0) is 6.42 Å². The van der Waals surface area contributed by atoms with E-state index < -0.39 is 0 Å². The summed E-state index contributed by atoms with van der Waals surface area (Å²) in [6.07, 6.45) is 2.33. The Hall–Kier alpha value is -1.06. The normalized spacial score (nSPS) is 16.1. The van der Waals surface area contributed by atoms with E-state index in [9.17, 15) is 0 Å². The molecule has 0 amide bonds. The molecule has 1 heterocycles. The minimum absolute atomic E-state index is 0.339. The number of benzene rings is 1. The van der Waals surface area contributed by atoms with Crippen LogP contribution in [-0.4, -0.2) is 37.6 Å². The Labute approximate surface area is 123 Å². The first kappa shape index (κ1) is 15.3. The summed E-state index contributed by atoms with van der Waals surface area (Å²) < 4.78 is 0. The molecule has 1 aliphatic heterocycles. The third-order valence-corrected chi connectivity index (χ3v) is 4.38. The molecule has 0 radical (unpaired) electrons. The number of fused-ring (bicyclic) bond motifs is 1. The van der Waals surface area contributed by atoms with E-state index in [1.807, 2.05) is 0 Å². The van der Waals surface area contributed by atoms with E-state index in [2.05, 4.69) is 55.8 Å². The van der Waals surface area contributed by atoms with Crippen LogP contribution in [0.2, 0.25) is 0 Å². The molecule has 3 nitrogen and oxygen atoms in total. The number of anilines is 1. The van der Waals surface area contributed by atoms with Crippen molar-refractivity contribution in [3.05, 3.63) is 29.3 Å². The van der Waals surface area contributed by atoms with Crippen molar-refractivity contribution in [2.24, 2.45) is 5.73 Å². The van der Waals surface area contributed by atoms with Crippen LogP contribution < -0.4 is 10.6 Å². The molecule has 0 aliphatic carbocycles. The van der Waals surface area contributed by atoms with Crippen molar-refractivity contribution in [2.75, 3.05) is 31.6 Å². The van der Waals surface area contributed by atoms with Gasteiger partial charge in [0.25, 0.3) is 0 Å². The lowest BCUT2D eigenvalue weighted by atomic mass is 9.99. The monoisotopic (exact) mass is 275 g/mol. The van der Waals surface area contributed by atoms with E-state index in [-0.39, 0.29) is 0 Å². The molecule has 20 heavy (non-hydrogen) atoms. The molecular weight excluding hydrogens is 246 g/mol. The predicted octanol–water partition coefficient (Wildman–Crippen LogP) is 2.80. The first-order valence-electron chi connectivity index (χ1n) is 7.88. The molecule has 2 rings (SSSR count). The predicted molar refractivity (Wildman–Crippen MR) is 87.3 cm³/mol. The molecule has 2 N–H and O–H groups in total. The number of nitrogens with two attached hydrogens (primary N) is 1. The minimum atomic E-state index is 0.339. The summed E-state index contributed by atoms with van der Waals surface area (Å²) in [7, 11) is 2.17. The highest BCUT2D eigenvalue weighted by Crippen LogP contribution is 2.31. The van der Waals surface area contributed by atoms with Crippen molar-refractivity contribution in [3.8, 4) is 0 Å². The Morgan fingerprint density at radius 1 is 1.35 bits per heavy atom. The summed E-state index contributed by atoms with van der Waals surface area (Å²) in [5.74, 6) is 0. The van der Waals surface area contributed by atoms with Crippen LogP contribution in [0.25, 0.3) is 0 Å². The summed E-state index contributed by atoms with van der Waals surface area (Å²) in [4.78, 5) is 4.86. The first-order chi connectivity index (χ1) is 9.58. The average Bonchev–Trinajstić information content (AvgIpc) is 2.80. The van der Waals surface area contributed by atoms with Crippen LogP contribution in [0.5, 0.6) is 0 Å². The van der Waals surface area contributed by atoms with Crippen LogP contribution >= 0.6 is 0 Å². The molecule has 112 valence electrons. The summed E-state index contributed by atoms with van der Waals surface area (Å²) in [5.41, 5.74) is 10.3. The zero-order valence-corrected chi connectivity index (χ0v) is 13.4. The molecule has 1 atom stereocenters. The lowest BCUT2D eigenvalue weighted by Crippen LogP contribution is -2.39. The van der Waals surface area contributed by atoms with Crippen molar-refractivity contribution < 1.29 is 0 Å². The summed E-state index contributed by atoms with van der Waals surface area (Å²) >= 11 is 0. The van der Waals surface area contributed by atoms with E-state index in [1.165, 1.54) is 23.2 Å². The van der Waals surface area contributed by atoms with Gasteiger partial charge in [0, 0.05) is 37.9 Å². The highest BCUT2D eigenvalue weighted by Gasteiger charge is 2.23. The van der Waals surface area contributed by atoms with E-state index >= 15 is 0 Å². The second-order valence-electron chi connectivity index (χ2n) is 6.14. The Morgan fingerprint density at radius 2 is 2.10 bits per heavy atom. The maximum absolute atomic E-state index is 6.09. The minimum Gasteiger partial charge on any atom is -0.374 e. The molecule has 0 aromatic heterocycles. The maximum Gasteiger partial charge on any atom is 0.0473 e. The van der Waals surface area contributed by atoms with Crippen molar-refractivity contribution in [2.45, 2.75) is 45.7 Å². The fourth-order valence-electron chi connectivity index (χ4n) is 3.29. The van der Waals surface area contributed by atoms with E-state index in [4.69, 9.17) is 5.73 Å². The molecule has 0 saturated carbocycles. The molecule has 1 aliphatic rings. The van der Waals surface area contributed by atoms with Crippen molar-refractivity contribution in [1.29, 1.82) is 0 Å². The van der Waals surface area contributed by atoms with Gasteiger partial charge in [0.2, 0.25) is 0 Å². The fraction of sp³-hybridized carbons (Fsp3) is 0.647. The number of hydrogen-bond donors (Lipinski definition) is 1. The Morgan fingerprint density at radius 3 is 2.70 bits per heavy atom. The van der Waals surface area contributed by atoms with Gasteiger partial charge in [-0.25, -0.2) is 0 Å². The molecule has 1 aromatic rings. The van der Waals surface area contributed by atoms with Gasteiger partial charge < -0.3 is 10.6 Å². The van der Waals surface area contributed by atoms with Crippen LogP contribution in [0, 0.1) is 0 Å². The summed E-state index contributed by atoms with van der Waals surface area (Å²) in [6, 6.07) is 7.78. The van der Waals surface area contributed by atoms with Crippen molar-refractivity contribution >= 4 is 5.69 Å². The smallest absolute Gasteiger partial charge is 0.0473 e. The van der Waals surface area contributed by atoms with E-state index in [0.717, 1.165) is 19.5 Å². The third-order valence-electron chi connectivity index (χ3n) is 4.38. The molecule has 1 unspecified atom stereocenters. The van der Waals surface area contributed by atoms with Gasteiger partial charge in [-0.05, 0) is 50.4 Å². The van der Waals surface area contributed by atoms with Crippen molar-refractivity contribution in [1.82, 2.24) is 4.90 Å². The number of rotatable bonds is 6. The number of likely N-dealkylation sites (N-methyl/N-ethyl adjacent to an activating group) is 1. The first-order valence-corrected chi connectivity index (χ1v) is 7.88. The van der Waals surface area contributed by atoms with E-state index in [1.54, 1.807) is 0 Å². The molecule has 0 spiro atoms. The van der Waals surface area contributed by atoms with Gasteiger partial charge in [-0.1, -0.05) is 19.1 Å². The molecule has 0 fully saturated rings. The third kappa shape index (κ3) is 2.99. The SMILES string of the molecule is CCCN(C(C)C)C(CN)c1ccc2c(c1)CCN2C. The number of nitrogens with zero attached hydrogens (tertiary/aromatic N) is 2. The van der Waals surface area contributed by atoms with Crippen molar-refractivity contribution in [3.63, 3.8) is 0 Å². The summed E-state index contributed by atoms with van der Waals surface area (Å²) in [6.45, 7) is 9.69. The summed E-state index contributed by atoms with van der Waals surface area (Å²) in [5, 5.41) is 0. The van der Waals surface area contributed by atoms with Gasteiger partial charge in [-0.15, -0.1) is 0 Å². The zero-order valence-electron chi connectivity index (χ0n) is 13.4. The quantitative estimate of drug-likeness (QED) is 0.866. The molecule has 1 aromatic carbocycles. The van der Waals surface area contributed by atoms with Crippen LogP contribution in [0.1, 0.15) is 44.4 Å². The lowest BCUT2D eigenvalue weighted by Gasteiger charge is -2.34. The van der Waals surface area contributed by atoms with Gasteiger partial charge in [-0.3, -0.25) is 4.90 Å². The lowest BCUT2D eigenvalue weighted by molar-refractivity contribution is 0.157. The van der Waals surface area contributed by atoms with Gasteiger partial charge >= 0.3 is 0 Å². The van der Waals surface area contributed by atoms with Crippen LogP contribution in [0.3, 0.4) is 0 Å². The molecule has 0 saturated heterocycles. The zero-order chi connectivity index (χ0) is 14.7. The Kier molecular flexibility index (Phi) is 5.06.